The molecule has 0 bridgehead atoms. The van der Waals surface area contributed by atoms with Gasteiger partial charge in [0.1, 0.15) is 5.69 Å². The second-order valence-corrected chi connectivity index (χ2v) is 3.85. The number of hydrogen-bond acceptors (Lipinski definition) is 4. The van der Waals surface area contributed by atoms with Crippen LogP contribution in [-0.4, -0.2) is 20.5 Å². The molecule has 2 aromatic rings. The maximum atomic E-state index is 11.6. The van der Waals surface area contributed by atoms with E-state index in [1.54, 1.807) is 29.8 Å². The molecule has 0 radical (unpaired) electrons. The van der Waals surface area contributed by atoms with Crippen LogP contribution in [-0.2, 0) is 0 Å². The summed E-state index contributed by atoms with van der Waals surface area (Å²) in [5.74, 6) is 0. The molecule has 16 heavy (non-hydrogen) atoms. The van der Waals surface area contributed by atoms with E-state index in [9.17, 15) is 4.79 Å². The molecule has 0 amide bonds. The van der Waals surface area contributed by atoms with Crippen molar-refractivity contribution >= 4 is 23.0 Å². The number of nitrogens with one attached hydrogen (secondary N) is 1. The number of aromatic amines is 1. The van der Waals surface area contributed by atoms with E-state index in [0.29, 0.717) is 11.3 Å². The largest absolute Gasteiger partial charge is 0.281 e. The van der Waals surface area contributed by atoms with Crippen molar-refractivity contribution in [2.24, 2.45) is 0 Å². The topological polar surface area (TPSA) is 58.6 Å². The first kappa shape index (κ1) is 10.6. The summed E-state index contributed by atoms with van der Waals surface area (Å²) >= 11 is 1.13. The van der Waals surface area contributed by atoms with Crippen LogP contribution in [0.3, 0.4) is 0 Å². The van der Waals surface area contributed by atoms with Gasteiger partial charge in [0.05, 0.1) is 6.20 Å². The molecule has 0 aliphatic rings. The summed E-state index contributed by atoms with van der Waals surface area (Å²) in [5, 5.41) is 11.7. The Kier molecular flexibility index (Phi) is 3.50. The van der Waals surface area contributed by atoms with Crippen molar-refractivity contribution < 1.29 is 4.79 Å². The molecule has 0 fully saturated rings. The molecule has 4 nitrogen and oxygen atoms in total. The summed E-state index contributed by atoms with van der Waals surface area (Å²) in [6.45, 7) is 0. The van der Waals surface area contributed by atoms with Crippen molar-refractivity contribution in [2.75, 3.05) is 0 Å². The highest BCUT2D eigenvalue weighted by Gasteiger charge is 2.02. The molecule has 1 aromatic carbocycles. The van der Waals surface area contributed by atoms with E-state index in [-0.39, 0.29) is 5.12 Å². The Hall–Kier alpha value is -1.88. The Morgan fingerprint density at radius 1 is 1.31 bits per heavy atom. The molecule has 0 unspecified atom stereocenters. The molecule has 1 heterocycles. The fourth-order valence-corrected chi connectivity index (χ4v) is 1.70. The molecule has 2 rings (SSSR count). The quantitative estimate of drug-likeness (QED) is 0.880. The summed E-state index contributed by atoms with van der Waals surface area (Å²) in [5.41, 5.74) is 1.39. The maximum absolute atomic E-state index is 11.6. The third-order valence-corrected chi connectivity index (χ3v) is 2.58. The standard InChI is InChI=1S/C11H9N3OS/c15-11(9-4-2-1-3-5-9)16-7-6-10-8-12-14-13-10/h1-8H,(H,12,13,14)/b7-6+. The van der Waals surface area contributed by atoms with Gasteiger partial charge in [-0.2, -0.15) is 15.4 Å². The van der Waals surface area contributed by atoms with Crippen LogP contribution in [0.25, 0.3) is 6.08 Å². The van der Waals surface area contributed by atoms with Gasteiger partial charge in [-0.25, -0.2) is 0 Å². The minimum atomic E-state index is 0.0142. The number of carbonyl (C=O) groups excluding carboxylic acids is 1. The predicted octanol–water partition coefficient (Wildman–Crippen LogP) is 2.35. The van der Waals surface area contributed by atoms with Gasteiger partial charge in [-0.1, -0.05) is 42.1 Å². The molecule has 80 valence electrons. The molecule has 5 heteroatoms. The van der Waals surface area contributed by atoms with Gasteiger partial charge in [-0.05, 0) is 11.5 Å². The highest BCUT2D eigenvalue weighted by Crippen LogP contribution is 2.14. The molecule has 0 saturated carbocycles. The molecule has 0 saturated heterocycles. The Balaban J connectivity index is 1.94. The minimum Gasteiger partial charge on any atom is -0.281 e. The monoisotopic (exact) mass is 231 g/mol. The lowest BCUT2D eigenvalue weighted by Crippen LogP contribution is -1.89. The third kappa shape index (κ3) is 2.80. The smallest absolute Gasteiger partial charge is 0.223 e. The third-order valence-electron chi connectivity index (χ3n) is 1.86. The average molecular weight is 231 g/mol. The number of H-pyrrole nitrogens is 1. The zero-order valence-electron chi connectivity index (χ0n) is 8.33. The van der Waals surface area contributed by atoms with Crippen molar-refractivity contribution in [2.45, 2.75) is 0 Å². The summed E-state index contributed by atoms with van der Waals surface area (Å²) < 4.78 is 0. The van der Waals surface area contributed by atoms with E-state index in [4.69, 9.17) is 0 Å². The van der Waals surface area contributed by atoms with Gasteiger partial charge in [0, 0.05) is 5.56 Å². The van der Waals surface area contributed by atoms with E-state index in [1.165, 1.54) is 0 Å². The average Bonchev–Trinajstić information content (AvgIpc) is 2.83. The summed E-state index contributed by atoms with van der Waals surface area (Å²) in [6.07, 6.45) is 3.32. The van der Waals surface area contributed by atoms with Crippen molar-refractivity contribution in [1.29, 1.82) is 0 Å². The lowest BCUT2D eigenvalue weighted by molar-refractivity contribution is 0.109. The van der Waals surface area contributed by atoms with Crippen LogP contribution in [0.1, 0.15) is 16.1 Å². The van der Waals surface area contributed by atoms with Gasteiger partial charge >= 0.3 is 0 Å². The Morgan fingerprint density at radius 2 is 2.12 bits per heavy atom. The molecular formula is C11H9N3OS. The number of hydrogen-bond donors (Lipinski definition) is 1. The Bertz CT molecular complexity index is 479. The van der Waals surface area contributed by atoms with E-state index in [0.717, 1.165) is 11.8 Å². The second-order valence-electron chi connectivity index (χ2n) is 2.97. The van der Waals surface area contributed by atoms with Crippen molar-refractivity contribution in [3.05, 3.63) is 53.2 Å². The van der Waals surface area contributed by atoms with Crippen molar-refractivity contribution in [3.63, 3.8) is 0 Å². The van der Waals surface area contributed by atoms with E-state index >= 15 is 0 Å². The van der Waals surface area contributed by atoms with Crippen LogP contribution in [0.5, 0.6) is 0 Å². The fourth-order valence-electron chi connectivity index (χ4n) is 1.10. The molecule has 0 aliphatic heterocycles. The SMILES string of the molecule is O=C(S/C=C/c1cn[nH]n1)c1ccccc1. The highest BCUT2D eigenvalue weighted by atomic mass is 32.2. The van der Waals surface area contributed by atoms with Crippen LogP contribution >= 0.6 is 11.8 Å². The predicted molar refractivity (Wildman–Crippen MR) is 63.8 cm³/mol. The maximum Gasteiger partial charge on any atom is 0.223 e. The van der Waals surface area contributed by atoms with Crippen LogP contribution in [0.4, 0.5) is 0 Å². The van der Waals surface area contributed by atoms with Gasteiger partial charge in [-0.3, -0.25) is 4.79 Å². The first-order valence-corrected chi connectivity index (χ1v) is 5.52. The highest BCUT2D eigenvalue weighted by molar-refractivity contribution is 8.16. The lowest BCUT2D eigenvalue weighted by Gasteiger charge is -1.94. The van der Waals surface area contributed by atoms with E-state index < -0.39 is 0 Å². The molecule has 0 spiro atoms. The molecule has 0 aliphatic carbocycles. The summed E-state index contributed by atoms with van der Waals surface area (Å²) in [6, 6.07) is 9.15. The van der Waals surface area contributed by atoms with Gasteiger partial charge in [0.2, 0.25) is 5.12 Å². The molecule has 1 aromatic heterocycles. The minimum absolute atomic E-state index is 0.0142. The van der Waals surface area contributed by atoms with Gasteiger partial charge < -0.3 is 0 Å². The Labute approximate surface area is 96.8 Å². The lowest BCUT2D eigenvalue weighted by atomic mass is 10.2. The van der Waals surface area contributed by atoms with Crippen molar-refractivity contribution in [3.8, 4) is 0 Å². The van der Waals surface area contributed by atoms with Gasteiger partial charge in [-0.15, -0.1) is 0 Å². The van der Waals surface area contributed by atoms with E-state index in [1.807, 2.05) is 18.2 Å². The number of benzene rings is 1. The number of aromatic nitrogens is 3. The number of thioether (sulfide) groups is 1. The molecule has 0 atom stereocenters. The van der Waals surface area contributed by atoms with Crippen LogP contribution in [0.2, 0.25) is 0 Å². The van der Waals surface area contributed by atoms with Gasteiger partial charge in [0.25, 0.3) is 0 Å². The molecule has 1 N–H and O–H groups in total. The number of nitrogens with zero attached hydrogens (tertiary/aromatic N) is 2. The normalized spacial score (nSPS) is 10.8. The fraction of sp³-hybridized carbons (Fsp3) is 0. The zero-order chi connectivity index (χ0) is 11.2. The van der Waals surface area contributed by atoms with Crippen LogP contribution < -0.4 is 0 Å². The summed E-state index contributed by atoms with van der Waals surface area (Å²) in [7, 11) is 0. The number of rotatable bonds is 3. The first-order valence-electron chi connectivity index (χ1n) is 4.64. The number of carbonyl (C=O) groups is 1. The molecular weight excluding hydrogens is 222 g/mol. The Morgan fingerprint density at radius 3 is 2.81 bits per heavy atom. The zero-order valence-corrected chi connectivity index (χ0v) is 9.15. The van der Waals surface area contributed by atoms with Crippen LogP contribution in [0, 0.1) is 0 Å². The van der Waals surface area contributed by atoms with Gasteiger partial charge in [0.15, 0.2) is 0 Å². The van der Waals surface area contributed by atoms with E-state index in [2.05, 4.69) is 15.4 Å². The van der Waals surface area contributed by atoms with Crippen LogP contribution in [0.15, 0.2) is 41.9 Å². The second kappa shape index (κ2) is 5.27. The van der Waals surface area contributed by atoms with Crippen molar-refractivity contribution in [1.82, 2.24) is 15.4 Å². The first-order chi connectivity index (χ1) is 7.86. The summed E-state index contributed by atoms with van der Waals surface area (Å²) in [4.78, 5) is 11.6.